The van der Waals surface area contributed by atoms with Crippen molar-refractivity contribution in [3.05, 3.63) is 51.7 Å². The van der Waals surface area contributed by atoms with E-state index in [4.69, 9.17) is 0 Å². The predicted octanol–water partition coefficient (Wildman–Crippen LogP) is 3.96. The zero-order chi connectivity index (χ0) is 17.0. The van der Waals surface area contributed by atoms with Crippen molar-refractivity contribution in [2.24, 2.45) is 5.92 Å². The standard InChI is InChI=1S/C21H24N2OS/c1-15-6-9-17(25-15)13-22-11-10-21(14-22)18-4-2-3-5-19(18)23(20(21)24)12-16-7-8-16/h2-6,9,16H,7-8,10-14H2,1H3. The number of amides is 1. The van der Waals surface area contributed by atoms with E-state index in [1.54, 1.807) is 0 Å². The minimum absolute atomic E-state index is 0.308. The van der Waals surface area contributed by atoms with Crippen LogP contribution in [0.5, 0.6) is 0 Å². The van der Waals surface area contributed by atoms with Gasteiger partial charge in [-0.05, 0) is 62.4 Å². The molecule has 2 aliphatic heterocycles. The van der Waals surface area contributed by atoms with E-state index < -0.39 is 0 Å². The van der Waals surface area contributed by atoms with Crippen molar-refractivity contribution in [3.8, 4) is 0 Å². The highest BCUT2D eigenvalue weighted by Gasteiger charge is 2.54. The number of hydrogen-bond donors (Lipinski definition) is 0. The van der Waals surface area contributed by atoms with Crippen LogP contribution in [0.3, 0.4) is 0 Å². The van der Waals surface area contributed by atoms with E-state index in [9.17, 15) is 4.79 Å². The molecule has 0 N–H and O–H groups in total. The molecule has 5 rings (SSSR count). The summed E-state index contributed by atoms with van der Waals surface area (Å²) in [4.78, 5) is 20.8. The summed E-state index contributed by atoms with van der Waals surface area (Å²) in [6.07, 6.45) is 3.51. The van der Waals surface area contributed by atoms with Crippen molar-refractivity contribution in [1.82, 2.24) is 4.90 Å². The number of thiophene rings is 1. The van der Waals surface area contributed by atoms with Gasteiger partial charge in [0, 0.05) is 35.1 Å². The van der Waals surface area contributed by atoms with Gasteiger partial charge in [0.2, 0.25) is 5.91 Å². The molecule has 2 aromatic rings. The molecule has 2 fully saturated rings. The third-order valence-electron chi connectivity index (χ3n) is 6.03. The molecule has 1 aromatic carbocycles. The van der Waals surface area contributed by atoms with Gasteiger partial charge in [0.05, 0.1) is 5.41 Å². The number of carbonyl (C=O) groups is 1. The van der Waals surface area contributed by atoms with Crippen molar-refractivity contribution >= 4 is 22.9 Å². The number of carbonyl (C=O) groups excluding carboxylic acids is 1. The number of fused-ring (bicyclic) bond motifs is 2. The molecule has 3 aliphatic rings. The maximum Gasteiger partial charge on any atom is 0.239 e. The van der Waals surface area contributed by atoms with Gasteiger partial charge in [-0.3, -0.25) is 9.69 Å². The largest absolute Gasteiger partial charge is 0.311 e. The molecule has 1 unspecified atom stereocenters. The van der Waals surface area contributed by atoms with Crippen LogP contribution in [0, 0.1) is 12.8 Å². The van der Waals surface area contributed by atoms with Gasteiger partial charge in [0.1, 0.15) is 0 Å². The topological polar surface area (TPSA) is 23.6 Å². The maximum atomic E-state index is 13.5. The Morgan fingerprint density at radius 1 is 1.20 bits per heavy atom. The van der Waals surface area contributed by atoms with Crippen LogP contribution in [-0.2, 0) is 16.8 Å². The average Bonchev–Trinajstić information content (AvgIpc) is 3.12. The second kappa shape index (κ2) is 5.68. The first-order valence-corrected chi connectivity index (χ1v) is 10.2. The second-order valence-corrected chi connectivity index (χ2v) is 9.30. The summed E-state index contributed by atoms with van der Waals surface area (Å²) < 4.78 is 0. The SMILES string of the molecule is Cc1ccc(CN2CCC3(C2)C(=O)N(CC2CC2)c2ccccc23)s1. The molecule has 1 spiro atoms. The number of benzene rings is 1. The zero-order valence-electron chi connectivity index (χ0n) is 14.7. The lowest BCUT2D eigenvalue weighted by atomic mass is 9.81. The normalized spacial score (nSPS) is 26.0. The van der Waals surface area contributed by atoms with Crippen LogP contribution < -0.4 is 4.90 Å². The average molecular weight is 353 g/mol. The van der Waals surface area contributed by atoms with Crippen molar-refractivity contribution in [1.29, 1.82) is 0 Å². The van der Waals surface area contributed by atoms with Crippen LogP contribution in [0.4, 0.5) is 5.69 Å². The van der Waals surface area contributed by atoms with Gasteiger partial charge in [-0.15, -0.1) is 11.3 Å². The van der Waals surface area contributed by atoms with Gasteiger partial charge in [-0.1, -0.05) is 18.2 Å². The maximum absolute atomic E-state index is 13.5. The minimum Gasteiger partial charge on any atom is -0.311 e. The zero-order valence-corrected chi connectivity index (χ0v) is 15.5. The molecule has 1 atom stereocenters. The summed E-state index contributed by atoms with van der Waals surface area (Å²) in [5.74, 6) is 1.07. The lowest BCUT2D eigenvalue weighted by Gasteiger charge is -2.24. The second-order valence-electron chi connectivity index (χ2n) is 7.93. The van der Waals surface area contributed by atoms with Crippen LogP contribution in [0.2, 0.25) is 0 Å². The van der Waals surface area contributed by atoms with Crippen LogP contribution in [0.25, 0.3) is 0 Å². The smallest absolute Gasteiger partial charge is 0.239 e. The van der Waals surface area contributed by atoms with Gasteiger partial charge in [0.15, 0.2) is 0 Å². The number of rotatable bonds is 4. The van der Waals surface area contributed by atoms with Gasteiger partial charge in [-0.25, -0.2) is 0 Å². The van der Waals surface area contributed by atoms with E-state index in [0.717, 1.165) is 38.5 Å². The molecule has 0 bridgehead atoms. The molecule has 1 amide bonds. The molecular weight excluding hydrogens is 328 g/mol. The molecule has 130 valence electrons. The summed E-state index contributed by atoms with van der Waals surface area (Å²) in [7, 11) is 0. The minimum atomic E-state index is -0.308. The lowest BCUT2D eigenvalue weighted by Crippen LogP contribution is -2.43. The first kappa shape index (κ1) is 15.6. The van der Waals surface area contributed by atoms with Crippen molar-refractivity contribution in [2.75, 3.05) is 24.5 Å². The highest BCUT2D eigenvalue weighted by molar-refractivity contribution is 7.11. The monoisotopic (exact) mass is 352 g/mol. The Bertz CT molecular complexity index is 825. The Morgan fingerprint density at radius 3 is 2.80 bits per heavy atom. The molecule has 3 heterocycles. The number of aryl methyl sites for hydroxylation is 1. The van der Waals surface area contributed by atoms with Crippen molar-refractivity contribution in [3.63, 3.8) is 0 Å². The predicted molar refractivity (Wildman–Crippen MR) is 102 cm³/mol. The van der Waals surface area contributed by atoms with Gasteiger partial charge in [0.25, 0.3) is 0 Å². The van der Waals surface area contributed by atoms with Crippen LogP contribution in [-0.4, -0.2) is 30.4 Å². The summed E-state index contributed by atoms with van der Waals surface area (Å²) in [6.45, 7) is 5.92. The summed E-state index contributed by atoms with van der Waals surface area (Å²) in [5.41, 5.74) is 2.14. The number of anilines is 1. The molecule has 4 heteroatoms. The van der Waals surface area contributed by atoms with Gasteiger partial charge >= 0.3 is 0 Å². The summed E-state index contributed by atoms with van der Waals surface area (Å²) in [5, 5.41) is 0. The first-order chi connectivity index (χ1) is 12.2. The number of nitrogens with zero attached hydrogens (tertiary/aromatic N) is 2. The fraction of sp³-hybridized carbons (Fsp3) is 0.476. The fourth-order valence-electron chi connectivity index (χ4n) is 4.55. The number of hydrogen-bond acceptors (Lipinski definition) is 3. The van der Waals surface area contributed by atoms with E-state index in [1.165, 1.54) is 33.8 Å². The van der Waals surface area contributed by atoms with E-state index in [1.807, 2.05) is 11.3 Å². The van der Waals surface area contributed by atoms with E-state index in [-0.39, 0.29) is 5.41 Å². The molecule has 3 nitrogen and oxygen atoms in total. The molecule has 0 radical (unpaired) electrons. The fourth-order valence-corrected chi connectivity index (χ4v) is 5.48. The third kappa shape index (κ3) is 2.54. The Balaban J connectivity index is 1.43. The summed E-state index contributed by atoms with van der Waals surface area (Å²) in [6, 6.07) is 12.9. The van der Waals surface area contributed by atoms with Crippen molar-refractivity contribution in [2.45, 2.75) is 38.1 Å². The van der Waals surface area contributed by atoms with Crippen LogP contribution in [0.15, 0.2) is 36.4 Å². The molecule has 25 heavy (non-hydrogen) atoms. The quantitative estimate of drug-likeness (QED) is 0.832. The van der Waals surface area contributed by atoms with E-state index >= 15 is 0 Å². The molecular formula is C21H24N2OS. The highest BCUT2D eigenvalue weighted by Crippen LogP contribution is 2.48. The Morgan fingerprint density at radius 2 is 2.04 bits per heavy atom. The molecule has 1 aliphatic carbocycles. The Labute approximate surface area is 153 Å². The number of likely N-dealkylation sites (tertiary alicyclic amines) is 1. The lowest BCUT2D eigenvalue weighted by molar-refractivity contribution is -0.122. The van der Waals surface area contributed by atoms with Crippen molar-refractivity contribution < 1.29 is 4.79 Å². The third-order valence-corrected chi connectivity index (χ3v) is 7.01. The Hall–Kier alpha value is -1.65. The molecule has 1 aromatic heterocycles. The van der Waals surface area contributed by atoms with Gasteiger partial charge < -0.3 is 4.90 Å². The van der Waals surface area contributed by atoms with E-state index in [2.05, 4.69) is 53.1 Å². The first-order valence-electron chi connectivity index (χ1n) is 9.35. The number of para-hydroxylation sites is 1. The van der Waals surface area contributed by atoms with E-state index in [0.29, 0.717) is 5.91 Å². The van der Waals surface area contributed by atoms with Crippen LogP contribution in [0.1, 0.15) is 34.6 Å². The summed E-state index contributed by atoms with van der Waals surface area (Å²) >= 11 is 1.87. The molecule has 1 saturated heterocycles. The highest BCUT2D eigenvalue weighted by atomic mass is 32.1. The van der Waals surface area contributed by atoms with Crippen LogP contribution >= 0.6 is 11.3 Å². The molecule has 1 saturated carbocycles. The van der Waals surface area contributed by atoms with Gasteiger partial charge in [-0.2, -0.15) is 0 Å². The Kier molecular flexibility index (Phi) is 3.54.